The number of alkyl halides is 2. The molecular formula is C23H22F4N4O3. The number of aliphatic hydroxyl groups is 1. The van der Waals surface area contributed by atoms with E-state index in [0.717, 1.165) is 19.9 Å². The molecule has 0 aliphatic carbocycles. The number of halogens is 4. The molecule has 0 fully saturated rings. The van der Waals surface area contributed by atoms with Gasteiger partial charge in [-0.25, -0.2) is 18.7 Å². The Kier molecular flexibility index (Phi) is 5.63. The maximum atomic E-state index is 15.2. The Morgan fingerprint density at radius 2 is 1.91 bits per heavy atom. The van der Waals surface area contributed by atoms with Gasteiger partial charge in [0.05, 0.1) is 11.3 Å². The molecular weight excluding hydrogens is 456 g/mol. The average Bonchev–Trinajstić information content (AvgIpc) is 2.75. The van der Waals surface area contributed by atoms with Crippen molar-refractivity contribution in [3.05, 3.63) is 52.9 Å². The summed E-state index contributed by atoms with van der Waals surface area (Å²) in [5, 5.41) is 12.9. The second kappa shape index (κ2) is 8.08. The fourth-order valence-corrected chi connectivity index (χ4v) is 3.66. The summed E-state index contributed by atoms with van der Waals surface area (Å²) in [6.45, 7) is 2.75. The molecule has 4 rings (SSSR count). The van der Waals surface area contributed by atoms with Crippen LogP contribution in [0.5, 0.6) is 5.75 Å². The lowest BCUT2D eigenvalue weighted by Crippen LogP contribution is -2.41. The molecule has 0 bridgehead atoms. The molecule has 1 aromatic heterocycles. The Hall–Kier alpha value is -3.47. The van der Waals surface area contributed by atoms with Crippen LogP contribution < -0.4 is 15.0 Å². The zero-order valence-electron chi connectivity index (χ0n) is 18.8. The van der Waals surface area contributed by atoms with Crippen LogP contribution in [-0.4, -0.2) is 40.2 Å². The number of anilines is 2. The lowest BCUT2D eigenvalue weighted by atomic mass is 9.92. The first kappa shape index (κ1) is 23.7. The van der Waals surface area contributed by atoms with Gasteiger partial charge < -0.3 is 20.1 Å². The molecule has 2 N–H and O–H groups in total. The number of aromatic nitrogens is 2. The third-order valence-corrected chi connectivity index (χ3v) is 5.69. The number of ether oxygens (including phenoxy) is 1. The monoisotopic (exact) mass is 478 g/mol. The molecule has 7 nitrogen and oxygen atoms in total. The van der Waals surface area contributed by atoms with Crippen molar-refractivity contribution < 1.29 is 32.2 Å². The first-order valence-corrected chi connectivity index (χ1v) is 10.3. The van der Waals surface area contributed by atoms with E-state index >= 15 is 4.39 Å². The first-order valence-electron chi connectivity index (χ1n) is 10.3. The van der Waals surface area contributed by atoms with E-state index in [4.69, 9.17) is 4.74 Å². The van der Waals surface area contributed by atoms with Crippen LogP contribution in [0.2, 0.25) is 0 Å². The van der Waals surface area contributed by atoms with E-state index in [1.165, 1.54) is 37.1 Å². The number of likely N-dealkylation sites (N-methyl/N-ethyl adjacent to an activating group) is 1. The third-order valence-electron chi connectivity index (χ3n) is 5.69. The van der Waals surface area contributed by atoms with Gasteiger partial charge in [-0.2, -0.15) is 8.78 Å². The summed E-state index contributed by atoms with van der Waals surface area (Å²) in [5.41, 5.74) is -3.43. The largest absolute Gasteiger partial charge is 0.478 e. The van der Waals surface area contributed by atoms with Gasteiger partial charge in [0, 0.05) is 24.5 Å². The van der Waals surface area contributed by atoms with Crippen molar-refractivity contribution in [2.45, 2.75) is 38.8 Å². The average molecular weight is 478 g/mol. The number of rotatable bonds is 5. The van der Waals surface area contributed by atoms with Crippen molar-refractivity contribution in [2.75, 3.05) is 23.9 Å². The lowest BCUT2D eigenvalue weighted by molar-refractivity contribution is -0.170. The summed E-state index contributed by atoms with van der Waals surface area (Å²) in [4.78, 5) is 21.6. The number of carbonyl (C=O) groups excluding carboxylic acids is 1. The smallest absolute Gasteiger partial charge is 0.303 e. The number of carbonyl (C=O) groups is 1. The molecule has 0 spiro atoms. The molecule has 34 heavy (non-hydrogen) atoms. The van der Waals surface area contributed by atoms with Crippen LogP contribution in [0.3, 0.4) is 0 Å². The number of nitrogens with one attached hydrogen (secondary N) is 1. The summed E-state index contributed by atoms with van der Waals surface area (Å²) >= 11 is 0. The highest BCUT2D eigenvalue weighted by molar-refractivity contribution is 6.02. The summed E-state index contributed by atoms with van der Waals surface area (Å²) in [6, 6.07) is 4.95. The van der Waals surface area contributed by atoms with Gasteiger partial charge in [-0.1, -0.05) is 12.1 Å². The van der Waals surface area contributed by atoms with Gasteiger partial charge >= 0.3 is 5.92 Å². The van der Waals surface area contributed by atoms with Gasteiger partial charge in [-0.3, -0.25) is 4.79 Å². The van der Waals surface area contributed by atoms with Crippen LogP contribution in [0.15, 0.2) is 24.3 Å². The van der Waals surface area contributed by atoms with E-state index in [0.29, 0.717) is 0 Å². The fourth-order valence-electron chi connectivity index (χ4n) is 3.66. The Bertz CT molecular complexity index is 1310. The van der Waals surface area contributed by atoms with Gasteiger partial charge in [0.15, 0.2) is 18.2 Å². The summed E-state index contributed by atoms with van der Waals surface area (Å²) in [5.74, 6) is -5.97. The van der Waals surface area contributed by atoms with Crippen molar-refractivity contribution in [1.29, 1.82) is 0 Å². The lowest BCUT2D eigenvalue weighted by Gasteiger charge is -2.30. The summed E-state index contributed by atoms with van der Waals surface area (Å²) in [6.07, 6.45) is 0. The van der Waals surface area contributed by atoms with Gasteiger partial charge in [-0.15, -0.1) is 0 Å². The van der Waals surface area contributed by atoms with Crippen molar-refractivity contribution in [1.82, 2.24) is 9.97 Å². The second-order valence-corrected chi connectivity index (χ2v) is 8.56. The number of aryl methyl sites for hydroxylation is 1. The highest BCUT2D eigenvalue weighted by Crippen LogP contribution is 2.41. The minimum atomic E-state index is -3.84. The van der Waals surface area contributed by atoms with Crippen molar-refractivity contribution in [3.63, 3.8) is 0 Å². The highest BCUT2D eigenvalue weighted by atomic mass is 19.3. The molecule has 0 radical (unpaired) electrons. The minimum absolute atomic E-state index is 0.0701. The molecule has 1 aliphatic heterocycles. The maximum absolute atomic E-state index is 15.2. The standard InChI is InChI=1S/C23H22F4N4O3/c1-11-29-19-13(8-15-20(18(19)25)34-10-16(32)31(15)4)21(30-11)28-9-12-6-5-7-14(17(12)24)23(26,27)22(2,3)33/h5-8,33H,9-10H2,1-4H3,(H,28,29,30). The Labute approximate surface area is 192 Å². The van der Waals surface area contributed by atoms with Crippen LogP contribution in [0.25, 0.3) is 10.9 Å². The SMILES string of the molecule is Cc1nc(NCc2cccc(C(F)(F)C(C)(C)O)c2F)c2cc3c(c(F)c2n1)OCC(=O)N3C. The number of nitrogens with zero attached hydrogens (tertiary/aromatic N) is 3. The molecule has 0 saturated heterocycles. The van der Waals surface area contributed by atoms with Gasteiger partial charge in [0.25, 0.3) is 5.91 Å². The van der Waals surface area contributed by atoms with E-state index in [9.17, 15) is 23.1 Å². The van der Waals surface area contributed by atoms with Crippen LogP contribution in [0, 0.1) is 18.6 Å². The van der Waals surface area contributed by atoms with E-state index in [2.05, 4.69) is 15.3 Å². The highest BCUT2D eigenvalue weighted by Gasteiger charge is 2.49. The van der Waals surface area contributed by atoms with Crippen LogP contribution in [-0.2, 0) is 17.3 Å². The number of hydrogen-bond acceptors (Lipinski definition) is 6. The Morgan fingerprint density at radius 1 is 1.21 bits per heavy atom. The first-order chi connectivity index (χ1) is 15.8. The molecule has 11 heteroatoms. The van der Waals surface area contributed by atoms with Crippen molar-refractivity contribution >= 4 is 28.3 Å². The number of amides is 1. The quantitative estimate of drug-likeness (QED) is 0.538. The number of hydrogen-bond donors (Lipinski definition) is 2. The normalized spacial score (nSPS) is 14.3. The van der Waals surface area contributed by atoms with E-state index in [1.807, 2.05) is 0 Å². The molecule has 0 saturated carbocycles. The summed E-state index contributed by atoms with van der Waals surface area (Å²) in [7, 11) is 1.47. The van der Waals surface area contributed by atoms with E-state index in [-0.39, 0.29) is 58.6 Å². The topological polar surface area (TPSA) is 87.6 Å². The van der Waals surface area contributed by atoms with E-state index in [1.54, 1.807) is 0 Å². The second-order valence-electron chi connectivity index (χ2n) is 8.56. The maximum Gasteiger partial charge on any atom is 0.303 e. The molecule has 0 unspecified atom stereocenters. The summed E-state index contributed by atoms with van der Waals surface area (Å²) < 4.78 is 64.6. The van der Waals surface area contributed by atoms with Crippen LogP contribution in [0.1, 0.15) is 30.8 Å². The Balaban J connectivity index is 1.75. The zero-order valence-corrected chi connectivity index (χ0v) is 18.8. The predicted octanol–water partition coefficient (Wildman–Crippen LogP) is 4.05. The van der Waals surface area contributed by atoms with Gasteiger partial charge in [0.2, 0.25) is 0 Å². The molecule has 3 aromatic rings. The minimum Gasteiger partial charge on any atom is -0.478 e. The van der Waals surface area contributed by atoms with Crippen molar-refractivity contribution in [3.8, 4) is 5.75 Å². The fraction of sp³-hybridized carbons (Fsp3) is 0.348. The third kappa shape index (κ3) is 3.79. The molecule has 2 aromatic carbocycles. The molecule has 0 atom stereocenters. The molecule has 1 aliphatic rings. The van der Waals surface area contributed by atoms with Crippen molar-refractivity contribution in [2.24, 2.45) is 0 Å². The van der Waals surface area contributed by atoms with Gasteiger partial charge in [-0.05, 0) is 32.9 Å². The predicted molar refractivity (Wildman–Crippen MR) is 117 cm³/mol. The zero-order chi connectivity index (χ0) is 25.0. The number of fused-ring (bicyclic) bond motifs is 2. The van der Waals surface area contributed by atoms with Crippen LogP contribution >= 0.6 is 0 Å². The number of benzene rings is 2. The van der Waals surface area contributed by atoms with Crippen LogP contribution in [0.4, 0.5) is 29.1 Å². The molecule has 1 amide bonds. The Morgan fingerprint density at radius 3 is 2.59 bits per heavy atom. The van der Waals surface area contributed by atoms with E-state index < -0.39 is 28.7 Å². The van der Waals surface area contributed by atoms with Gasteiger partial charge in [0.1, 0.15) is 28.6 Å². The molecule has 180 valence electrons. The molecule has 2 heterocycles.